The number of hydrogen-bond donors (Lipinski definition) is 0. The van der Waals surface area contributed by atoms with Gasteiger partial charge in [0.25, 0.3) is 6.26 Å². The molecule has 4 nitrogen and oxygen atoms in total. The quantitative estimate of drug-likeness (QED) is 0.405. The Morgan fingerprint density at radius 1 is 1.36 bits per heavy atom. The Balaban J connectivity index is 3.42. The summed E-state index contributed by atoms with van der Waals surface area (Å²) in [6.07, 6.45) is 3.00. The molecule has 0 saturated carbocycles. The molecule has 1 rings (SSSR count). The third-order valence-electron chi connectivity index (χ3n) is 1.84. The summed E-state index contributed by atoms with van der Waals surface area (Å²) < 4.78 is 4.73. The minimum atomic E-state index is 0.316. The lowest BCUT2D eigenvalue weighted by Crippen LogP contribution is -1.89. The molecular weight excluding hydrogens is 180 g/mol. The van der Waals surface area contributed by atoms with E-state index < -0.39 is 0 Å². The molecule has 0 bridgehead atoms. The van der Waals surface area contributed by atoms with Crippen LogP contribution in [-0.4, -0.2) is 6.08 Å². The van der Waals surface area contributed by atoms with Crippen LogP contribution in [-0.2, 0) is 4.79 Å². The summed E-state index contributed by atoms with van der Waals surface area (Å²) in [6, 6.07) is 3.60. The fraction of sp³-hybridized carbons (Fsp3) is 0.200. The van der Waals surface area contributed by atoms with Crippen molar-refractivity contribution in [1.82, 2.24) is 0 Å². The van der Waals surface area contributed by atoms with E-state index in [2.05, 4.69) is 4.99 Å². The van der Waals surface area contributed by atoms with Gasteiger partial charge >= 0.3 is 0 Å². The van der Waals surface area contributed by atoms with Gasteiger partial charge in [0.1, 0.15) is 5.69 Å². The Morgan fingerprint density at radius 3 is 2.57 bits per heavy atom. The van der Waals surface area contributed by atoms with Gasteiger partial charge in [-0.2, -0.15) is 4.99 Å². The molecule has 0 atom stereocenters. The molecule has 70 valence electrons. The molecule has 0 spiro atoms. The highest BCUT2D eigenvalue weighted by Gasteiger charge is 2.09. The van der Waals surface area contributed by atoms with Gasteiger partial charge in [0, 0.05) is 0 Å². The summed E-state index contributed by atoms with van der Waals surface area (Å²) in [5, 5.41) is 8.42. The summed E-state index contributed by atoms with van der Waals surface area (Å²) in [4.78, 5) is 13.7. The highest BCUT2D eigenvalue weighted by molar-refractivity contribution is 5.64. The number of benzene rings is 1. The molecule has 0 amide bonds. The predicted octanol–water partition coefficient (Wildman–Crippen LogP) is 2.13. The Labute approximate surface area is 81.5 Å². The van der Waals surface area contributed by atoms with E-state index in [4.69, 9.17) is 10.00 Å². The molecule has 14 heavy (non-hydrogen) atoms. The lowest BCUT2D eigenvalue weighted by atomic mass is 10.1. The van der Waals surface area contributed by atoms with Gasteiger partial charge in [-0.05, 0) is 25.0 Å². The van der Waals surface area contributed by atoms with Gasteiger partial charge < -0.3 is 4.74 Å². The molecule has 1 aromatic rings. The van der Waals surface area contributed by atoms with E-state index in [0.29, 0.717) is 11.4 Å². The highest BCUT2D eigenvalue weighted by Crippen LogP contribution is 2.33. The van der Waals surface area contributed by atoms with Gasteiger partial charge in [-0.25, -0.2) is 4.79 Å². The first kappa shape index (κ1) is 9.97. The number of hydrogen-bond acceptors (Lipinski definition) is 4. The normalized spacial score (nSPS) is 8.64. The molecular formula is C10H8N2O2. The lowest BCUT2D eigenvalue weighted by molar-refractivity contribution is 0.503. The second-order valence-corrected chi connectivity index (χ2v) is 2.77. The largest absolute Gasteiger partial charge is 0.385 e. The minimum Gasteiger partial charge on any atom is -0.385 e. The monoisotopic (exact) mass is 188 g/mol. The van der Waals surface area contributed by atoms with Crippen molar-refractivity contribution >= 4 is 11.8 Å². The van der Waals surface area contributed by atoms with Gasteiger partial charge in [0.2, 0.25) is 6.08 Å². The molecule has 0 fully saturated rings. The van der Waals surface area contributed by atoms with Crippen molar-refractivity contribution in [3.63, 3.8) is 0 Å². The van der Waals surface area contributed by atoms with Gasteiger partial charge in [-0.15, -0.1) is 5.26 Å². The van der Waals surface area contributed by atoms with Crippen molar-refractivity contribution in [2.75, 3.05) is 0 Å². The van der Waals surface area contributed by atoms with Gasteiger partial charge in [0.05, 0.1) is 0 Å². The smallest absolute Gasteiger partial charge is 0.292 e. The van der Waals surface area contributed by atoms with Gasteiger partial charge in [-0.3, -0.25) is 0 Å². The van der Waals surface area contributed by atoms with E-state index in [0.717, 1.165) is 11.1 Å². The van der Waals surface area contributed by atoms with Crippen molar-refractivity contribution in [3.8, 4) is 12.0 Å². The molecule has 0 aliphatic heterocycles. The summed E-state index contributed by atoms with van der Waals surface area (Å²) >= 11 is 0. The molecule has 0 heterocycles. The first-order valence-electron chi connectivity index (χ1n) is 3.94. The van der Waals surface area contributed by atoms with Crippen LogP contribution >= 0.6 is 0 Å². The first-order valence-corrected chi connectivity index (χ1v) is 3.94. The topological polar surface area (TPSA) is 62.4 Å². The van der Waals surface area contributed by atoms with Crippen molar-refractivity contribution < 1.29 is 9.53 Å². The summed E-state index contributed by atoms with van der Waals surface area (Å²) in [6.45, 7) is 3.55. The molecule has 4 heteroatoms. The Kier molecular flexibility index (Phi) is 3.01. The average Bonchev–Trinajstić information content (AvgIpc) is 2.17. The SMILES string of the molecule is Cc1ccc(C)c(OC#N)c1N=C=O. The number of nitriles is 1. The number of carbonyl (C=O) groups excluding carboxylic acids is 1. The molecule has 0 N–H and O–H groups in total. The Hall–Kier alpha value is -2.11. The van der Waals surface area contributed by atoms with Crippen LogP contribution in [0, 0.1) is 25.4 Å². The molecule has 0 radical (unpaired) electrons. The number of rotatable bonds is 2. The van der Waals surface area contributed by atoms with Crippen molar-refractivity contribution in [1.29, 1.82) is 5.26 Å². The predicted molar refractivity (Wildman–Crippen MR) is 49.9 cm³/mol. The number of ether oxygens (including phenoxy) is 1. The zero-order valence-electron chi connectivity index (χ0n) is 7.87. The van der Waals surface area contributed by atoms with Crippen LogP contribution in [0.25, 0.3) is 0 Å². The maximum absolute atomic E-state index is 10.2. The zero-order valence-corrected chi connectivity index (χ0v) is 7.87. The van der Waals surface area contributed by atoms with E-state index in [1.54, 1.807) is 32.2 Å². The summed E-state index contributed by atoms with van der Waals surface area (Å²) in [5.74, 6) is 0.316. The average molecular weight is 188 g/mol. The van der Waals surface area contributed by atoms with E-state index in [1.165, 1.54) is 6.08 Å². The third kappa shape index (κ3) is 1.79. The van der Waals surface area contributed by atoms with Crippen LogP contribution in [0.1, 0.15) is 11.1 Å². The van der Waals surface area contributed by atoms with Gasteiger partial charge in [0.15, 0.2) is 5.75 Å². The molecule has 0 saturated heterocycles. The number of aliphatic imine (C=N–C) groups is 1. The van der Waals surface area contributed by atoms with Crippen molar-refractivity contribution in [2.24, 2.45) is 4.99 Å². The van der Waals surface area contributed by atoms with Gasteiger partial charge in [-0.1, -0.05) is 12.1 Å². The van der Waals surface area contributed by atoms with E-state index in [-0.39, 0.29) is 0 Å². The lowest BCUT2D eigenvalue weighted by Gasteiger charge is -2.06. The second-order valence-electron chi connectivity index (χ2n) is 2.77. The van der Waals surface area contributed by atoms with E-state index >= 15 is 0 Å². The molecule has 0 unspecified atom stereocenters. The van der Waals surface area contributed by atoms with E-state index in [9.17, 15) is 4.79 Å². The second kappa shape index (κ2) is 4.22. The summed E-state index contributed by atoms with van der Waals surface area (Å²) in [5.41, 5.74) is 1.89. The third-order valence-corrected chi connectivity index (χ3v) is 1.84. The number of aryl methyl sites for hydroxylation is 2. The zero-order chi connectivity index (χ0) is 10.6. The first-order chi connectivity index (χ1) is 6.70. The van der Waals surface area contributed by atoms with Crippen LogP contribution < -0.4 is 4.74 Å². The fourth-order valence-corrected chi connectivity index (χ4v) is 1.13. The maximum atomic E-state index is 10.2. The van der Waals surface area contributed by atoms with Crippen LogP contribution in [0.3, 0.4) is 0 Å². The molecule has 0 aliphatic rings. The molecule has 1 aromatic carbocycles. The number of isocyanates is 1. The molecule has 0 aromatic heterocycles. The Morgan fingerprint density at radius 2 is 2.00 bits per heavy atom. The van der Waals surface area contributed by atoms with Crippen molar-refractivity contribution in [2.45, 2.75) is 13.8 Å². The minimum absolute atomic E-state index is 0.316. The van der Waals surface area contributed by atoms with Crippen LogP contribution in [0.5, 0.6) is 5.75 Å². The van der Waals surface area contributed by atoms with Crippen LogP contribution in [0.4, 0.5) is 5.69 Å². The molecule has 0 aliphatic carbocycles. The summed E-state index contributed by atoms with van der Waals surface area (Å²) in [7, 11) is 0. The van der Waals surface area contributed by atoms with Crippen molar-refractivity contribution in [3.05, 3.63) is 23.3 Å². The standard InChI is InChI=1S/C10H8N2O2/c1-7-3-4-8(2)10(14-5-11)9(7)12-6-13/h3-4H,1-2H3. The van der Waals surface area contributed by atoms with Crippen LogP contribution in [0.15, 0.2) is 17.1 Å². The highest BCUT2D eigenvalue weighted by atomic mass is 16.5. The van der Waals surface area contributed by atoms with E-state index in [1.807, 2.05) is 0 Å². The Bertz CT molecular complexity index is 440. The van der Waals surface area contributed by atoms with Crippen LogP contribution in [0.2, 0.25) is 0 Å². The fourth-order valence-electron chi connectivity index (χ4n) is 1.13. The maximum Gasteiger partial charge on any atom is 0.292 e. The number of nitrogens with zero attached hydrogens (tertiary/aromatic N) is 2.